The number of carbonyl (C=O) groups excluding carboxylic acids is 1. The number of aromatic nitrogens is 2. The van der Waals surface area contributed by atoms with Crippen LogP contribution in [0.15, 0.2) is 36.7 Å². The smallest absolute Gasteiger partial charge is 0.271 e. The lowest BCUT2D eigenvalue weighted by Crippen LogP contribution is -2.26. The Morgan fingerprint density at radius 2 is 1.88 bits per heavy atom. The second kappa shape index (κ2) is 9.61. The van der Waals surface area contributed by atoms with Gasteiger partial charge in [-0.05, 0) is 36.5 Å². The third-order valence-electron chi connectivity index (χ3n) is 3.77. The molecule has 1 aromatic heterocycles. The zero-order valence-corrected chi connectivity index (χ0v) is 15.1. The van der Waals surface area contributed by atoms with Crippen molar-refractivity contribution in [1.29, 1.82) is 0 Å². The minimum atomic E-state index is -0.213. The van der Waals surface area contributed by atoms with Crippen LogP contribution < -0.4 is 15.4 Å². The zero-order valence-electron chi connectivity index (χ0n) is 15.1. The van der Waals surface area contributed by atoms with Crippen molar-refractivity contribution in [2.45, 2.75) is 26.7 Å². The van der Waals surface area contributed by atoms with E-state index in [9.17, 15) is 4.79 Å². The van der Waals surface area contributed by atoms with E-state index >= 15 is 0 Å². The van der Waals surface area contributed by atoms with Crippen molar-refractivity contribution in [3.8, 4) is 5.75 Å². The van der Waals surface area contributed by atoms with Gasteiger partial charge in [-0.2, -0.15) is 0 Å². The van der Waals surface area contributed by atoms with Crippen LogP contribution in [0.3, 0.4) is 0 Å². The number of benzene rings is 1. The summed E-state index contributed by atoms with van der Waals surface area (Å²) in [5.41, 5.74) is 1.46. The standard InChI is InChI=1S/C19H26N4O2/c1-14(2)8-10-20-18-13-22-17(12-23-18)19(24)21-11-9-15-4-6-16(25-3)7-5-15/h4-7,12-14H,8-11H2,1-3H3,(H,20,23)(H,21,24). The fourth-order valence-electron chi connectivity index (χ4n) is 2.23. The first-order chi connectivity index (χ1) is 12.1. The monoisotopic (exact) mass is 342 g/mol. The summed E-state index contributed by atoms with van der Waals surface area (Å²) in [6.07, 6.45) is 4.91. The average Bonchev–Trinajstić information content (AvgIpc) is 2.62. The van der Waals surface area contributed by atoms with Crippen LogP contribution in [0.25, 0.3) is 0 Å². The molecule has 0 saturated heterocycles. The number of amides is 1. The van der Waals surface area contributed by atoms with Crippen LogP contribution in [0.4, 0.5) is 5.82 Å². The number of nitrogens with zero attached hydrogens (tertiary/aromatic N) is 2. The Bertz CT molecular complexity index is 654. The van der Waals surface area contributed by atoms with Gasteiger partial charge < -0.3 is 15.4 Å². The second-order valence-electron chi connectivity index (χ2n) is 6.25. The summed E-state index contributed by atoms with van der Waals surface area (Å²) in [5, 5.41) is 6.06. The van der Waals surface area contributed by atoms with Gasteiger partial charge in [-0.15, -0.1) is 0 Å². The first-order valence-electron chi connectivity index (χ1n) is 8.55. The molecule has 2 aromatic rings. The molecule has 1 amide bonds. The van der Waals surface area contributed by atoms with E-state index < -0.39 is 0 Å². The Kier molecular flexibility index (Phi) is 7.19. The van der Waals surface area contributed by atoms with E-state index in [0.29, 0.717) is 24.0 Å². The first-order valence-corrected chi connectivity index (χ1v) is 8.55. The summed E-state index contributed by atoms with van der Waals surface area (Å²) in [6, 6.07) is 7.80. The molecular weight excluding hydrogens is 316 g/mol. The maximum atomic E-state index is 12.1. The van der Waals surface area contributed by atoms with Crippen molar-refractivity contribution in [3.05, 3.63) is 47.9 Å². The van der Waals surface area contributed by atoms with Gasteiger partial charge in [0, 0.05) is 13.1 Å². The highest BCUT2D eigenvalue weighted by molar-refractivity contribution is 5.91. The molecule has 0 aliphatic heterocycles. The molecule has 0 spiro atoms. The molecule has 0 saturated carbocycles. The molecule has 0 unspecified atom stereocenters. The fourth-order valence-corrected chi connectivity index (χ4v) is 2.23. The molecule has 2 rings (SSSR count). The van der Waals surface area contributed by atoms with E-state index in [0.717, 1.165) is 30.7 Å². The van der Waals surface area contributed by atoms with Crippen LogP contribution in [0.2, 0.25) is 0 Å². The molecule has 1 heterocycles. The predicted octanol–water partition coefficient (Wildman–Crippen LogP) is 2.92. The quantitative estimate of drug-likeness (QED) is 0.733. The van der Waals surface area contributed by atoms with Crippen LogP contribution in [0.1, 0.15) is 36.3 Å². The molecule has 25 heavy (non-hydrogen) atoms. The Labute approximate surface area is 149 Å². The van der Waals surface area contributed by atoms with Crippen LogP contribution in [0, 0.1) is 5.92 Å². The summed E-state index contributed by atoms with van der Waals surface area (Å²) >= 11 is 0. The second-order valence-corrected chi connectivity index (χ2v) is 6.25. The van der Waals surface area contributed by atoms with E-state index in [1.165, 1.54) is 6.20 Å². The van der Waals surface area contributed by atoms with Crippen molar-refractivity contribution in [1.82, 2.24) is 15.3 Å². The van der Waals surface area contributed by atoms with Gasteiger partial charge in [0.25, 0.3) is 5.91 Å². The lowest BCUT2D eigenvalue weighted by atomic mass is 10.1. The summed E-state index contributed by atoms with van der Waals surface area (Å²) in [4.78, 5) is 20.5. The Morgan fingerprint density at radius 3 is 2.48 bits per heavy atom. The van der Waals surface area contributed by atoms with E-state index in [2.05, 4.69) is 34.4 Å². The molecule has 6 nitrogen and oxygen atoms in total. The zero-order chi connectivity index (χ0) is 18.1. The lowest BCUT2D eigenvalue weighted by Gasteiger charge is -2.08. The first kappa shape index (κ1) is 18.7. The molecule has 0 bridgehead atoms. The maximum Gasteiger partial charge on any atom is 0.271 e. The number of hydrogen-bond donors (Lipinski definition) is 2. The molecule has 0 aliphatic rings. The predicted molar refractivity (Wildman–Crippen MR) is 99.0 cm³/mol. The van der Waals surface area contributed by atoms with E-state index in [4.69, 9.17) is 4.74 Å². The van der Waals surface area contributed by atoms with Crippen LogP contribution in [0.5, 0.6) is 5.75 Å². The van der Waals surface area contributed by atoms with Gasteiger partial charge in [0.2, 0.25) is 0 Å². The Morgan fingerprint density at radius 1 is 1.12 bits per heavy atom. The molecule has 0 aliphatic carbocycles. The van der Waals surface area contributed by atoms with Gasteiger partial charge in [0.05, 0.1) is 19.5 Å². The van der Waals surface area contributed by atoms with Crippen molar-refractivity contribution >= 4 is 11.7 Å². The number of anilines is 1. The van der Waals surface area contributed by atoms with Crippen LogP contribution >= 0.6 is 0 Å². The van der Waals surface area contributed by atoms with Gasteiger partial charge in [0.15, 0.2) is 0 Å². The van der Waals surface area contributed by atoms with Gasteiger partial charge in [-0.25, -0.2) is 9.97 Å². The molecule has 0 atom stereocenters. The fraction of sp³-hybridized carbons (Fsp3) is 0.421. The van der Waals surface area contributed by atoms with E-state index in [1.807, 2.05) is 24.3 Å². The minimum absolute atomic E-state index is 0.213. The summed E-state index contributed by atoms with van der Waals surface area (Å²) in [5.74, 6) is 1.94. The average molecular weight is 342 g/mol. The highest BCUT2D eigenvalue weighted by Crippen LogP contribution is 2.11. The lowest BCUT2D eigenvalue weighted by molar-refractivity contribution is 0.0949. The topological polar surface area (TPSA) is 76.1 Å². The summed E-state index contributed by atoms with van der Waals surface area (Å²) in [7, 11) is 1.64. The van der Waals surface area contributed by atoms with Crippen molar-refractivity contribution in [3.63, 3.8) is 0 Å². The third-order valence-corrected chi connectivity index (χ3v) is 3.77. The Balaban J connectivity index is 1.76. The molecular formula is C19H26N4O2. The van der Waals surface area contributed by atoms with Gasteiger partial charge >= 0.3 is 0 Å². The van der Waals surface area contributed by atoms with E-state index in [-0.39, 0.29) is 5.91 Å². The van der Waals surface area contributed by atoms with Gasteiger partial charge in [-0.3, -0.25) is 4.79 Å². The van der Waals surface area contributed by atoms with Crippen molar-refractivity contribution in [2.24, 2.45) is 5.92 Å². The normalized spacial score (nSPS) is 10.6. The minimum Gasteiger partial charge on any atom is -0.497 e. The van der Waals surface area contributed by atoms with Crippen LogP contribution in [-0.4, -0.2) is 36.1 Å². The molecule has 6 heteroatoms. The number of ether oxygens (including phenoxy) is 1. The SMILES string of the molecule is COc1ccc(CCNC(=O)c2cnc(NCCC(C)C)cn2)cc1. The number of nitrogens with one attached hydrogen (secondary N) is 2. The molecule has 2 N–H and O–H groups in total. The highest BCUT2D eigenvalue weighted by Gasteiger charge is 2.07. The Hall–Kier alpha value is -2.63. The van der Waals surface area contributed by atoms with Gasteiger partial charge in [-0.1, -0.05) is 26.0 Å². The maximum absolute atomic E-state index is 12.1. The molecule has 0 radical (unpaired) electrons. The molecule has 0 fully saturated rings. The number of hydrogen-bond acceptors (Lipinski definition) is 5. The van der Waals surface area contributed by atoms with Crippen molar-refractivity contribution < 1.29 is 9.53 Å². The number of methoxy groups -OCH3 is 1. The van der Waals surface area contributed by atoms with Crippen molar-refractivity contribution in [2.75, 3.05) is 25.5 Å². The summed E-state index contributed by atoms with van der Waals surface area (Å²) in [6.45, 7) is 5.74. The molecule has 1 aromatic carbocycles. The largest absolute Gasteiger partial charge is 0.497 e. The van der Waals surface area contributed by atoms with Crippen LogP contribution in [-0.2, 0) is 6.42 Å². The number of rotatable bonds is 9. The third kappa shape index (κ3) is 6.41. The highest BCUT2D eigenvalue weighted by atomic mass is 16.5. The molecule has 134 valence electrons. The van der Waals surface area contributed by atoms with E-state index in [1.54, 1.807) is 13.3 Å². The summed E-state index contributed by atoms with van der Waals surface area (Å²) < 4.78 is 5.13. The number of carbonyl (C=O) groups is 1. The van der Waals surface area contributed by atoms with Gasteiger partial charge in [0.1, 0.15) is 17.3 Å².